The third-order valence-electron chi connectivity index (χ3n) is 3.17. The van der Waals surface area contributed by atoms with E-state index in [1.54, 1.807) is 0 Å². The summed E-state index contributed by atoms with van der Waals surface area (Å²) in [7, 11) is 0. The predicted molar refractivity (Wildman–Crippen MR) is 84.3 cm³/mol. The molecule has 1 heterocycles. The van der Waals surface area contributed by atoms with Crippen LogP contribution in [0.5, 0.6) is 0 Å². The lowest BCUT2D eigenvalue weighted by atomic mass is 10.1. The van der Waals surface area contributed by atoms with Crippen LogP contribution in [0.3, 0.4) is 0 Å². The molecule has 0 fully saturated rings. The Morgan fingerprint density at radius 3 is 2.47 bits per heavy atom. The van der Waals surface area contributed by atoms with Crippen LogP contribution in [0.15, 0.2) is 43.7 Å². The number of fused-ring (bicyclic) bond motifs is 1. The van der Waals surface area contributed by atoms with Gasteiger partial charge < -0.3 is 4.42 Å². The molecule has 0 saturated carbocycles. The van der Waals surface area contributed by atoms with Crippen LogP contribution >= 0.6 is 31.9 Å². The Balaban J connectivity index is 2.20. The van der Waals surface area contributed by atoms with Crippen LogP contribution in [0.25, 0.3) is 22.6 Å². The molecule has 2 nitrogen and oxygen atoms in total. The minimum absolute atomic E-state index is 0.638. The molecule has 2 aromatic carbocycles. The van der Waals surface area contributed by atoms with Crippen molar-refractivity contribution in [3.8, 4) is 11.5 Å². The Labute approximate surface area is 128 Å². The summed E-state index contributed by atoms with van der Waals surface area (Å²) in [5.41, 5.74) is 5.11. The molecule has 0 radical (unpaired) electrons. The molecule has 1 aromatic heterocycles. The molecule has 0 aliphatic rings. The van der Waals surface area contributed by atoms with E-state index in [1.165, 1.54) is 11.1 Å². The lowest BCUT2D eigenvalue weighted by Gasteiger charge is -1.99. The summed E-state index contributed by atoms with van der Waals surface area (Å²) < 4.78 is 7.83. The summed E-state index contributed by atoms with van der Waals surface area (Å²) in [5.74, 6) is 0.638. The maximum atomic E-state index is 5.85. The normalized spacial score (nSPS) is 11.2. The van der Waals surface area contributed by atoms with Gasteiger partial charge in [-0.15, -0.1) is 0 Å². The van der Waals surface area contributed by atoms with Gasteiger partial charge in [-0.05, 0) is 71.2 Å². The van der Waals surface area contributed by atoms with E-state index in [0.29, 0.717) is 5.89 Å². The summed E-state index contributed by atoms with van der Waals surface area (Å²) in [6, 6.07) is 10.0. The molecule has 0 atom stereocenters. The molecule has 3 aromatic rings. The van der Waals surface area contributed by atoms with Gasteiger partial charge in [-0.25, -0.2) is 4.98 Å². The van der Waals surface area contributed by atoms with E-state index in [9.17, 15) is 0 Å². The highest BCUT2D eigenvalue weighted by Crippen LogP contribution is 2.32. The van der Waals surface area contributed by atoms with Crippen molar-refractivity contribution in [3.63, 3.8) is 0 Å². The van der Waals surface area contributed by atoms with Gasteiger partial charge in [0.25, 0.3) is 0 Å². The second-order valence-electron chi connectivity index (χ2n) is 4.55. The number of aryl methyl sites for hydroxylation is 2. The minimum atomic E-state index is 0.638. The van der Waals surface area contributed by atoms with Crippen LogP contribution in [0.1, 0.15) is 11.1 Å². The molecule has 0 unspecified atom stereocenters. The van der Waals surface area contributed by atoms with Gasteiger partial charge in [0.05, 0.1) is 5.56 Å². The number of nitrogens with zero attached hydrogens (tertiary/aromatic N) is 1. The zero-order chi connectivity index (χ0) is 13.6. The average Bonchev–Trinajstić information content (AvgIpc) is 2.72. The van der Waals surface area contributed by atoms with Gasteiger partial charge in [-0.1, -0.05) is 15.9 Å². The van der Waals surface area contributed by atoms with E-state index in [2.05, 4.69) is 56.8 Å². The summed E-state index contributed by atoms with van der Waals surface area (Å²) in [5, 5.41) is 0. The topological polar surface area (TPSA) is 26.0 Å². The first-order chi connectivity index (χ1) is 9.04. The molecular formula is C15H11Br2NO. The van der Waals surface area contributed by atoms with E-state index in [-0.39, 0.29) is 0 Å². The van der Waals surface area contributed by atoms with Gasteiger partial charge in [-0.3, -0.25) is 0 Å². The van der Waals surface area contributed by atoms with Crippen molar-refractivity contribution in [1.82, 2.24) is 4.98 Å². The van der Waals surface area contributed by atoms with Gasteiger partial charge in [0.15, 0.2) is 5.58 Å². The van der Waals surface area contributed by atoms with Crippen molar-refractivity contribution in [2.24, 2.45) is 0 Å². The van der Waals surface area contributed by atoms with Gasteiger partial charge in [0.2, 0.25) is 5.89 Å². The van der Waals surface area contributed by atoms with Crippen LogP contribution in [0.2, 0.25) is 0 Å². The molecule has 19 heavy (non-hydrogen) atoms. The Kier molecular flexibility index (Phi) is 3.23. The second kappa shape index (κ2) is 4.76. The summed E-state index contributed by atoms with van der Waals surface area (Å²) in [6.45, 7) is 4.16. The molecular weight excluding hydrogens is 370 g/mol. The Morgan fingerprint density at radius 1 is 1.00 bits per heavy atom. The van der Waals surface area contributed by atoms with Crippen molar-refractivity contribution < 1.29 is 4.42 Å². The Morgan fingerprint density at radius 2 is 1.74 bits per heavy atom. The highest BCUT2D eigenvalue weighted by molar-refractivity contribution is 9.11. The standard InChI is InChI=1S/C15H11Br2NO/c1-8-5-13-14(6-9(8)2)19-15(18-13)11-4-3-10(16)7-12(11)17/h3-7H,1-2H3. The van der Waals surface area contributed by atoms with Gasteiger partial charge in [0, 0.05) is 8.95 Å². The minimum Gasteiger partial charge on any atom is -0.436 e. The quantitative estimate of drug-likeness (QED) is 0.546. The summed E-state index contributed by atoms with van der Waals surface area (Å²) in [6.07, 6.45) is 0. The van der Waals surface area contributed by atoms with Crippen LogP contribution in [-0.4, -0.2) is 4.98 Å². The SMILES string of the molecule is Cc1cc2nc(-c3ccc(Br)cc3Br)oc2cc1C. The zero-order valence-corrected chi connectivity index (χ0v) is 13.7. The highest BCUT2D eigenvalue weighted by atomic mass is 79.9. The molecule has 0 N–H and O–H groups in total. The largest absolute Gasteiger partial charge is 0.436 e. The highest BCUT2D eigenvalue weighted by Gasteiger charge is 2.12. The van der Waals surface area contributed by atoms with Crippen LogP contribution in [-0.2, 0) is 0 Å². The number of hydrogen-bond acceptors (Lipinski definition) is 2. The first-order valence-electron chi connectivity index (χ1n) is 5.88. The molecule has 0 spiro atoms. The van der Waals surface area contributed by atoms with E-state index >= 15 is 0 Å². The third kappa shape index (κ3) is 2.35. The molecule has 0 bridgehead atoms. The molecule has 3 rings (SSSR count). The molecule has 0 saturated heterocycles. The van der Waals surface area contributed by atoms with Gasteiger partial charge >= 0.3 is 0 Å². The first-order valence-corrected chi connectivity index (χ1v) is 7.46. The number of hydrogen-bond donors (Lipinski definition) is 0. The lowest BCUT2D eigenvalue weighted by Crippen LogP contribution is -1.80. The number of oxazole rings is 1. The molecule has 0 aliphatic carbocycles. The zero-order valence-electron chi connectivity index (χ0n) is 10.5. The van der Waals surface area contributed by atoms with E-state index in [0.717, 1.165) is 25.6 Å². The third-order valence-corrected chi connectivity index (χ3v) is 4.31. The Hall–Kier alpha value is -1.13. The summed E-state index contributed by atoms with van der Waals surface area (Å²) >= 11 is 6.98. The maximum Gasteiger partial charge on any atom is 0.228 e. The van der Waals surface area contributed by atoms with Crippen molar-refractivity contribution in [2.45, 2.75) is 13.8 Å². The number of rotatable bonds is 1. The lowest BCUT2D eigenvalue weighted by molar-refractivity contribution is 0.619. The fourth-order valence-corrected chi connectivity index (χ4v) is 3.17. The summed E-state index contributed by atoms with van der Waals surface area (Å²) in [4.78, 5) is 4.56. The van der Waals surface area contributed by atoms with E-state index in [4.69, 9.17) is 4.42 Å². The average molecular weight is 381 g/mol. The fourth-order valence-electron chi connectivity index (χ4n) is 1.96. The predicted octanol–water partition coefficient (Wildman–Crippen LogP) is 5.64. The Bertz CT molecular complexity index is 738. The maximum absolute atomic E-state index is 5.85. The first kappa shape index (κ1) is 12.9. The van der Waals surface area contributed by atoms with Crippen LogP contribution in [0, 0.1) is 13.8 Å². The molecule has 96 valence electrons. The van der Waals surface area contributed by atoms with Crippen molar-refractivity contribution in [1.29, 1.82) is 0 Å². The van der Waals surface area contributed by atoms with Gasteiger partial charge in [-0.2, -0.15) is 0 Å². The van der Waals surface area contributed by atoms with Crippen LogP contribution < -0.4 is 0 Å². The number of benzene rings is 2. The monoisotopic (exact) mass is 379 g/mol. The van der Waals surface area contributed by atoms with Crippen molar-refractivity contribution >= 4 is 43.0 Å². The smallest absolute Gasteiger partial charge is 0.228 e. The van der Waals surface area contributed by atoms with Crippen LogP contribution in [0.4, 0.5) is 0 Å². The van der Waals surface area contributed by atoms with E-state index in [1.807, 2.05) is 24.3 Å². The fraction of sp³-hybridized carbons (Fsp3) is 0.133. The molecule has 0 aliphatic heterocycles. The second-order valence-corrected chi connectivity index (χ2v) is 6.32. The number of halogens is 2. The van der Waals surface area contributed by atoms with Crippen molar-refractivity contribution in [3.05, 3.63) is 50.4 Å². The van der Waals surface area contributed by atoms with E-state index < -0.39 is 0 Å². The molecule has 4 heteroatoms. The van der Waals surface area contributed by atoms with Gasteiger partial charge in [0.1, 0.15) is 5.52 Å². The molecule has 0 amide bonds. The van der Waals surface area contributed by atoms with Crippen molar-refractivity contribution in [2.75, 3.05) is 0 Å². The number of aromatic nitrogens is 1.